The molecule has 7 nitrogen and oxygen atoms in total. The van der Waals surface area contributed by atoms with Gasteiger partial charge in [-0.1, -0.05) is 36.4 Å². The van der Waals surface area contributed by atoms with E-state index in [0.29, 0.717) is 11.4 Å². The molecule has 0 spiro atoms. The number of nitrogens with one attached hydrogen (secondary N) is 1. The Bertz CT molecular complexity index is 1450. The van der Waals surface area contributed by atoms with Crippen molar-refractivity contribution in [1.82, 2.24) is 24.3 Å². The molecule has 6 rings (SSSR count). The van der Waals surface area contributed by atoms with E-state index in [4.69, 9.17) is 0 Å². The molecule has 2 aromatic carbocycles. The summed E-state index contributed by atoms with van der Waals surface area (Å²) in [4.78, 5) is 30.9. The minimum Gasteiger partial charge on any atom is -0.310 e. The number of likely N-dealkylation sites (N-methyl/N-ethyl adjacent to an activating group) is 1. The van der Waals surface area contributed by atoms with Crippen LogP contribution in [0.4, 0.5) is 0 Å². The Labute approximate surface area is 197 Å². The van der Waals surface area contributed by atoms with Crippen LogP contribution in [0.1, 0.15) is 5.56 Å². The Morgan fingerprint density at radius 3 is 2.26 bits per heavy atom. The maximum atomic E-state index is 13.1. The molecule has 2 aliphatic heterocycles. The SMILES string of the molecule is CN1CCN(CCc2cn(C3=C(n4ccc5ccccc54)C(=O)NC3=O)c3ccccc23)CC1. The number of imide groups is 1. The predicted octanol–water partition coefficient (Wildman–Crippen LogP) is 2.87. The molecule has 1 saturated heterocycles. The van der Waals surface area contributed by atoms with Crippen LogP contribution in [0, 0.1) is 0 Å². The Morgan fingerprint density at radius 2 is 1.47 bits per heavy atom. The highest BCUT2D eigenvalue weighted by molar-refractivity contribution is 6.44. The van der Waals surface area contributed by atoms with Crippen molar-refractivity contribution in [3.05, 3.63) is 72.6 Å². The van der Waals surface area contributed by atoms with Crippen LogP contribution in [0.25, 0.3) is 33.2 Å². The third kappa shape index (κ3) is 3.45. The normalized spacial score (nSPS) is 17.9. The summed E-state index contributed by atoms with van der Waals surface area (Å²) in [6.07, 6.45) is 4.79. The summed E-state index contributed by atoms with van der Waals surface area (Å²) in [6.45, 7) is 5.29. The number of nitrogens with zero attached hydrogens (tertiary/aromatic N) is 4. The molecule has 0 aliphatic carbocycles. The van der Waals surface area contributed by atoms with Crippen LogP contribution in [0.15, 0.2) is 67.0 Å². The van der Waals surface area contributed by atoms with Crippen molar-refractivity contribution in [3.8, 4) is 0 Å². The first-order valence-corrected chi connectivity index (χ1v) is 11.8. The highest BCUT2D eigenvalue weighted by Gasteiger charge is 2.34. The Morgan fingerprint density at radius 1 is 0.794 bits per heavy atom. The first kappa shape index (κ1) is 20.9. The van der Waals surface area contributed by atoms with Gasteiger partial charge in [-0.25, -0.2) is 0 Å². The van der Waals surface area contributed by atoms with Gasteiger partial charge in [0.1, 0.15) is 11.4 Å². The number of rotatable bonds is 5. The third-order valence-corrected chi connectivity index (χ3v) is 7.05. The van der Waals surface area contributed by atoms with Gasteiger partial charge in [0.2, 0.25) is 0 Å². The fraction of sp³-hybridized carbons (Fsp3) is 0.259. The van der Waals surface area contributed by atoms with Crippen molar-refractivity contribution >= 4 is 45.0 Å². The molecule has 1 fully saturated rings. The number of amides is 2. The van der Waals surface area contributed by atoms with Crippen molar-refractivity contribution < 1.29 is 9.59 Å². The van der Waals surface area contributed by atoms with E-state index in [9.17, 15) is 9.59 Å². The molecule has 4 aromatic rings. The van der Waals surface area contributed by atoms with Gasteiger partial charge in [0.15, 0.2) is 0 Å². The van der Waals surface area contributed by atoms with Crippen molar-refractivity contribution in [1.29, 1.82) is 0 Å². The molecule has 0 bridgehead atoms. The quantitative estimate of drug-likeness (QED) is 0.472. The van der Waals surface area contributed by atoms with Crippen molar-refractivity contribution in [2.45, 2.75) is 6.42 Å². The van der Waals surface area contributed by atoms with Gasteiger partial charge < -0.3 is 18.9 Å². The fourth-order valence-corrected chi connectivity index (χ4v) is 5.15. The molecule has 4 heterocycles. The molecule has 0 radical (unpaired) electrons. The van der Waals surface area contributed by atoms with E-state index in [1.165, 1.54) is 5.56 Å². The molecule has 1 N–H and O–H groups in total. The number of benzene rings is 2. The third-order valence-electron chi connectivity index (χ3n) is 7.05. The van der Waals surface area contributed by atoms with Crippen LogP contribution in [0.3, 0.4) is 0 Å². The molecular formula is C27H27N5O2. The minimum absolute atomic E-state index is 0.359. The van der Waals surface area contributed by atoms with Crippen molar-refractivity contribution in [2.24, 2.45) is 0 Å². The van der Waals surface area contributed by atoms with Crippen LogP contribution in [0.5, 0.6) is 0 Å². The molecule has 172 valence electrons. The molecule has 0 unspecified atom stereocenters. The highest BCUT2D eigenvalue weighted by atomic mass is 16.2. The molecule has 34 heavy (non-hydrogen) atoms. The highest BCUT2D eigenvalue weighted by Crippen LogP contribution is 2.32. The zero-order chi connectivity index (χ0) is 23.2. The van der Waals surface area contributed by atoms with E-state index >= 15 is 0 Å². The summed E-state index contributed by atoms with van der Waals surface area (Å²) >= 11 is 0. The summed E-state index contributed by atoms with van der Waals surface area (Å²) in [7, 11) is 2.16. The van der Waals surface area contributed by atoms with Gasteiger partial charge in [-0.05, 0) is 42.6 Å². The lowest BCUT2D eigenvalue weighted by Gasteiger charge is -2.32. The van der Waals surface area contributed by atoms with E-state index in [0.717, 1.165) is 61.0 Å². The first-order chi connectivity index (χ1) is 16.6. The number of piperazine rings is 1. The van der Waals surface area contributed by atoms with Crippen molar-refractivity contribution in [2.75, 3.05) is 39.8 Å². The lowest BCUT2D eigenvalue weighted by molar-refractivity contribution is -0.123. The molecule has 0 saturated carbocycles. The molecule has 2 aliphatic rings. The Kier molecular flexibility index (Phi) is 5.08. The molecule has 2 aromatic heterocycles. The van der Waals surface area contributed by atoms with Gasteiger partial charge in [0.25, 0.3) is 11.8 Å². The van der Waals surface area contributed by atoms with E-state index in [1.54, 1.807) is 0 Å². The van der Waals surface area contributed by atoms with E-state index in [-0.39, 0.29) is 11.8 Å². The monoisotopic (exact) mass is 453 g/mol. The number of carbonyl (C=O) groups is 2. The average Bonchev–Trinajstić information content (AvgIpc) is 3.51. The summed E-state index contributed by atoms with van der Waals surface area (Å²) in [6, 6.07) is 18.0. The number of fused-ring (bicyclic) bond motifs is 2. The number of para-hydroxylation sites is 2. The van der Waals surface area contributed by atoms with E-state index in [1.807, 2.05) is 70.1 Å². The number of hydrogen-bond donors (Lipinski definition) is 1. The van der Waals surface area contributed by atoms with Crippen LogP contribution in [-0.4, -0.2) is 70.5 Å². The van der Waals surface area contributed by atoms with Crippen LogP contribution in [-0.2, 0) is 16.0 Å². The van der Waals surface area contributed by atoms with Crippen LogP contribution in [0.2, 0.25) is 0 Å². The summed E-state index contributed by atoms with van der Waals surface area (Å²) in [5.41, 5.74) is 3.74. The van der Waals surface area contributed by atoms with Gasteiger partial charge in [-0.2, -0.15) is 0 Å². The zero-order valence-corrected chi connectivity index (χ0v) is 19.2. The maximum absolute atomic E-state index is 13.1. The van der Waals surface area contributed by atoms with Crippen LogP contribution < -0.4 is 5.32 Å². The second kappa shape index (κ2) is 8.27. The average molecular weight is 454 g/mol. The predicted molar refractivity (Wildman–Crippen MR) is 134 cm³/mol. The van der Waals surface area contributed by atoms with E-state index in [2.05, 4.69) is 28.2 Å². The Hall–Kier alpha value is -3.68. The van der Waals surface area contributed by atoms with Crippen LogP contribution >= 0.6 is 0 Å². The van der Waals surface area contributed by atoms with Gasteiger partial charge in [-0.3, -0.25) is 14.9 Å². The smallest absolute Gasteiger partial charge is 0.277 e. The second-order valence-electron chi connectivity index (χ2n) is 9.16. The largest absolute Gasteiger partial charge is 0.310 e. The zero-order valence-electron chi connectivity index (χ0n) is 19.2. The second-order valence-corrected chi connectivity index (χ2v) is 9.16. The Balaban J connectivity index is 1.44. The number of aromatic nitrogens is 2. The topological polar surface area (TPSA) is 62.5 Å². The maximum Gasteiger partial charge on any atom is 0.277 e. The van der Waals surface area contributed by atoms with Gasteiger partial charge in [0.05, 0.1) is 11.0 Å². The van der Waals surface area contributed by atoms with Gasteiger partial charge in [-0.15, -0.1) is 0 Å². The minimum atomic E-state index is -0.377. The number of carbonyl (C=O) groups excluding carboxylic acids is 2. The molecule has 0 atom stereocenters. The van der Waals surface area contributed by atoms with Gasteiger partial charge >= 0.3 is 0 Å². The fourth-order valence-electron chi connectivity index (χ4n) is 5.15. The summed E-state index contributed by atoms with van der Waals surface area (Å²) in [5.74, 6) is -0.748. The van der Waals surface area contributed by atoms with Crippen molar-refractivity contribution in [3.63, 3.8) is 0 Å². The lowest BCUT2D eigenvalue weighted by atomic mass is 10.1. The number of hydrogen-bond acceptors (Lipinski definition) is 4. The van der Waals surface area contributed by atoms with Gasteiger partial charge in [0, 0.05) is 50.5 Å². The summed E-state index contributed by atoms with van der Waals surface area (Å²) < 4.78 is 3.72. The molecule has 7 heteroatoms. The first-order valence-electron chi connectivity index (χ1n) is 11.8. The summed E-state index contributed by atoms with van der Waals surface area (Å²) in [5, 5.41) is 4.66. The van der Waals surface area contributed by atoms with E-state index < -0.39 is 0 Å². The molecular weight excluding hydrogens is 426 g/mol. The standard InChI is InChI=1S/C27H27N5O2/c1-29-14-16-30(17-15-29)12-10-20-18-32(23-9-5-3-7-21(20)23)25-24(26(33)28-27(25)34)31-13-11-19-6-2-4-8-22(19)31/h2-9,11,13,18H,10,12,14-17H2,1H3,(H,28,33,34). The molecule has 2 amide bonds. The lowest BCUT2D eigenvalue weighted by Crippen LogP contribution is -2.45.